The van der Waals surface area contributed by atoms with Crippen LogP contribution >= 0.6 is 0 Å². The van der Waals surface area contributed by atoms with Crippen molar-refractivity contribution in [2.24, 2.45) is 0 Å². The number of hydrogen-bond donors (Lipinski definition) is 2. The van der Waals surface area contributed by atoms with E-state index in [1.165, 1.54) is 6.07 Å². The number of ether oxygens (including phenoxy) is 2. The van der Waals surface area contributed by atoms with Crippen LogP contribution in [0.3, 0.4) is 0 Å². The number of aryl methyl sites for hydroxylation is 1. The van der Waals surface area contributed by atoms with Gasteiger partial charge in [0.25, 0.3) is 5.91 Å². The Morgan fingerprint density at radius 3 is 2.66 bits per heavy atom. The second-order valence-corrected chi connectivity index (χ2v) is 6.35. The molecular weight excluding hydrogens is 389 g/mol. The second kappa shape index (κ2) is 8.42. The monoisotopic (exact) mass is 408 g/mol. The molecule has 2 N–H and O–H groups in total. The van der Waals surface area contributed by atoms with Crippen molar-refractivity contribution < 1.29 is 32.2 Å². The smallest absolute Gasteiger partial charge is 0.416 e. The Kier molecular flexibility index (Phi) is 5.95. The first-order valence-corrected chi connectivity index (χ1v) is 8.95. The van der Waals surface area contributed by atoms with Crippen LogP contribution in [0.15, 0.2) is 36.4 Å². The van der Waals surface area contributed by atoms with Gasteiger partial charge in [-0.1, -0.05) is 0 Å². The van der Waals surface area contributed by atoms with Crippen molar-refractivity contribution in [3.05, 3.63) is 47.5 Å². The molecule has 0 fully saturated rings. The number of rotatable bonds is 6. The van der Waals surface area contributed by atoms with Crippen molar-refractivity contribution in [1.29, 1.82) is 0 Å². The molecule has 9 heteroatoms. The number of hydrogen-bond acceptors (Lipinski definition) is 4. The molecule has 29 heavy (non-hydrogen) atoms. The van der Waals surface area contributed by atoms with Crippen LogP contribution in [0.5, 0.6) is 11.5 Å². The summed E-state index contributed by atoms with van der Waals surface area (Å²) in [6.07, 6.45) is -3.61. The van der Waals surface area contributed by atoms with E-state index in [0.29, 0.717) is 24.3 Å². The first-order chi connectivity index (χ1) is 13.8. The molecular formula is C20H19F3N2O4. The number of alkyl halides is 3. The fourth-order valence-electron chi connectivity index (χ4n) is 2.87. The van der Waals surface area contributed by atoms with Crippen molar-refractivity contribution in [3.63, 3.8) is 0 Å². The van der Waals surface area contributed by atoms with Gasteiger partial charge in [0.15, 0.2) is 6.61 Å². The minimum Gasteiger partial charge on any atom is -0.492 e. The van der Waals surface area contributed by atoms with E-state index in [1.54, 1.807) is 25.1 Å². The average Bonchev–Trinajstić information content (AvgIpc) is 2.67. The van der Waals surface area contributed by atoms with E-state index in [2.05, 4.69) is 10.6 Å². The molecule has 2 aromatic carbocycles. The number of anilines is 2. The van der Waals surface area contributed by atoms with Crippen LogP contribution in [0.1, 0.15) is 24.5 Å². The molecule has 0 aromatic heterocycles. The van der Waals surface area contributed by atoms with E-state index in [9.17, 15) is 22.8 Å². The third-order valence-corrected chi connectivity index (χ3v) is 4.22. The van der Waals surface area contributed by atoms with E-state index in [1.807, 2.05) is 0 Å². The van der Waals surface area contributed by atoms with Gasteiger partial charge in [-0.25, -0.2) is 0 Å². The topological polar surface area (TPSA) is 76.7 Å². The molecule has 0 radical (unpaired) electrons. The molecule has 2 aromatic rings. The third kappa shape index (κ3) is 5.18. The summed E-state index contributed by atoms with van der Waals surface area (Å²) in [6, 6.07) is 7.89. The highest BCUT2D eigenvalue weighted by molar-refractivity contribution is 5.94. The first-order valence-electron chi connectivity index (χ1n) is 8.95. The molecule has 0 saturated carbocycles. The first kappa shape index (κ1) is 20.5. The summed E-state index contributed by atoms with van der Waals surface area (Å²) in [5.74, 6) is -0.129. The quantitative estimate of drug-likeness (QED) is 0.757. The highest BCUT2D eigenvalue weighted by Gasteiger charge is 2.31. The fourth-order valence-corrected chi connectivity index (χ4v) is 2.87. The van der Waals surface area contributed by atoms with Crippen LogP contribution < -0.4 is 20.1 Å². The summed E-state index contributed by atoms with van der Waals surface area (Å²) < 4.78 is 49.6. The minimum absolute atomic E-state index is 0.0586. The van der Waals surface area contributed by atoms with Crippen LogP contribution in [-0.2, 0) is 22.2 Å². The maximum absolute atomic E-state index is 13.0. The zero-order chi connectivity index (χ0) is 21.0. The number of carbonyl (C=O) groups excluding carboxylic acids is 2. The van der Waals surface area contributed by atoms with Crippen molar-refractivity contribution in [2.75, 3.05) is 23.8 Å². The molecule has 0 aliphatic carbocycles. The molecule has 6 nitrogen and oxygen atoms in total. The summed E-state index contributed by atoms with van der Waals surface area (Å²) in [5, 5.41) is 5.14. The Morgan fingerprint density at radius 2 is 1.93 bits per heavy atom. The Balaban J connectivity index is 1.67. The second-order valence-electron chi connectivity index (χ2n) is 6.35. The number of carbonyl (C=O) groups is 2. The van der Waals surface area contributed by atoms with E-state index in [0.717, 1.165) is 17.7 Å². The fraction of sp³-hybridized carbons (Fsp3) is 0.300. The van der Waals surface area contributed by atoms with Gasteiger partial charge in [-0.15, -0.1) is 0 Å². The maximum atomic E-state index is 13.0. The van der Waals surface area contributed by atoms with Crippen LogP contribution in [0.2, 0.25) is 0 Å². The zero-order valence-corrected chi connectivity index (χ0v) is 15.6. The Hall–Kier alpha value is -3.23. The lowest BCUT2D eigenvalue weighted by molar-refractivity contribution is -0.137. The van der Waals surface area contributed by atoms with Crippen molar-refractivity contribution in [1.82, 2.24) is 0 Å². The summed E-state index contributed by atoms with van der Waals surface area (Å²) in [7, 11) is 0. The van der Waals surface area contributed by atoms with Gasteiger partial charge in [0, 0.05) is 12.1 Å². The molecule has 1 heterocycles. The van der Waals surface area contributed by atoms with Gasteiger partial charge in [-0.3, -0.25) is 9.59 Å². The highest BCUT2D eigenvalue weighted by atomic mass is 19.4. The zero-order valence-electron chi connectivity index (χ0n) is 15.6. The minimum atomic E-state index is -4.54. The Labute approximate surface area is 165 Å². The van der Waals surface area contributed by atoms with Crippen LogP contribution in [0.25, 0.3) is 0 Å². The predicted molar refractivity (Wildman–Crippen MR) is 100 cm³/mol. The molecule has 0 bridgehead atoms. The van der Waals surface area contributed by atoms with Crippen molar-refractivity contribution in [2.45, 2.75) is 25.9 Å². The van der Waals surface area contributed by atoms with E-state index in [-0.39, 0.29) is 24.0 Å². The number of amides is 2. The van der Waals surface area contributed by atoms with Gasteiger partial charge in [-0.2, -0.15) is 13.2 Å². The largest absolute Gasteiger partial charge is 0.492 e. The number of nitrogens with one attached hydrogen (secondary N) is 2. The molecule has 0 saturated heterocycles. The molecule has 2 amide bonds. The highest BCUT2D eigenvalue weighted by Crippen LogP contribution is 2.35. The van der Waals surface area contributed by atoms with E-state index < -0.39 is 24.3 Å². The summed E-state index contributed by atoms with van der Waals surface area (Å²) in [5.41, 5.74) is 0.611. The molecule has 3 rings (SSSR count). The summed E-state index contributed by atoms with van der Waals surface area (Å²) >= 11 is 0. The van der Waals surface area contributed by atoms with Gasteiger partial charge in [-0.05, 0) is 55.3 Å². The standard InChI is InChI=1S/C20H19F3N2O4/c1-2-28-17-7-4-13(20(21,22)23)10-16(17)25-19(27)11-29-14-5-6-15-12(9-14)3-8-18(26)24-15/h4-7,9-10H,2-3,8,11H2,1H3,(H,24,26)(H,25,27). The Morgan fingerprint density at radius 1 is 1.14 bits per heavy atom. The van der Waals surface area contributed by atoms with Crippen LogP contribution in [0.4, 0.5) is 24.5 Å². The van der Waals surface area contributed by atoms with Crippen LogP contribution in [0, 0.1) is 0 Å². The van der Waals surface area contributed by atoms with Crippen LogP contribution in [-0.4, -0.2) is 25.0 Å². The lowest BCUT2D eigenvalue weighted by Gasteiger charge is -2.18. The number of benzene rings is 2. The van der Waals surface area contributed by atoms with Gasteiger partial charge in [0.2, 0.25) is 5.91 Å². The predicted octanol–water partition coefficient (Wildman–Crippen LogP) is 4.01. The normalized spacial score (nSPS) is 13.3. The molecule has 154 valence electrons. The molecule has 1 aliphatic heterocycles. The SMILES string of the molecule is CCOc1ccc(C(F)(F)F)cc1NC(=O)COc1ccc2c(c1)CCC(=O)N2. The Bertz CT molecular complexity index is 928. The maximum Gasteiger partial charge on any atom is 0.416 e. The van der Waals surface area contributed by atoms with Gasteiger partial charge in [0.05, 0.1) is 17.9 Å². The van der Waals surface area contributed by atoms with Gasteiger partial charge < -0.3 is 20.1 Å². The summed E-state index contributed by atoms with van der Waals surface area (Å²) in [6.45, 7) is 1.52. The lowest BCUT2D eigenvalue weighted by atomic mass is 10.0. The molecule has 0 atom stereocenters. The van der Waals surface area contributed by atoms with Crippen molar-refractivity contribution >= 4 is 23.2 Å². The molecule has 1 aliphatic rings. The van der Waals surface area contributed by atoms with E-state index >= 15 is 0 Å². The molecule has 0 unspecified atom stereocenters. The third-order valence-electron chi connectivity index (χ3n) is 4.22. The van der Waals surface area contributed by atoms with Crippen molar-refractivity contribution in [3.8, 4) is 11.5 Å². The number of halogens is 3. The molecule has 0 spiro atoms. The average molecular weight is 408 g/mol. The number of fused-ring (bicyclic) bond motifs is 1. The summed E-state index contributed by atoms with van der Waals surface area (Å²) in [4.78, 5) is 23.6. The van der Waals surface area contributed by atoms with Gasteiger partial charge in [0.1, 0.15) is 11.5 Å². The van der Waals surface area contributed by atoms with E-state index in [4.69, 9.17) is 9.47 Å². The van der Waals surface area contributed by atoms with Gasteiger partial charge >= 0.3 is 6.18 Å². The lowest BCUT2D eigenvalue weighted by Crippen LogP contribution is -2.22.